The molecule has 9 nitrogen and oxygen atoms in total. The van der Waals surface area contributed by atoms with Crippen molar-refractivity contribution >= 4 is 29.2 Å². The predicted molar refractivity (Wildman–Crippen MR) is 148 cm³/mol. The largest absolute Gasteiger partial charge is 0.507 e. The Labute approximate surface area is 230 Å². The van der Waals surface area contributed by atoms with Gasteiger partial charge in [-0.1, -0.05) is 37.6 Å². The van der Waals surface area contributed by atoms with Gasteiger partial charge in [-0.25, -0.2) is 4.98 Å². The van der Waals surface area contributed by atoms with Gasteiger partial charge in [-0.2, -0.15) is 5.26 Å². The van der Waals surface area contributed by atoms with E-state index in [0.717, 1.165) is 0 Å². The number of nitrogens with zero attached hydrogens (tertiary/aromatic N) is 2. The van der Waals surface area contributed by atoms with Crippen LogP contribution in [-0.4, -0.2) is 35.0 Å². The number of carbonyl (C=O) groups excluding carboxylic acids is 2. The first-order valence-corrected chi connectivity index (χ1v) is 12.4. The van der Waals surface area contributed by atoms with E-state index in [0.29, 0.717) is 40.4 Å². The number of phenols is 1. The minimum atomic E-state index is -0.608. The molecule has 0 bridgehead atoms. The SMILES string of the molecule is CC(C)(CN)CNC(=O)c1cccc(-c2cc(-c3ccc(Cl)cc3O)nc(NC(=O)c3ccco3)c2C#N)c1. The molecule has 0 spiro atoms. The number of anilines is 1. The van der Waals surface area contributed by atoms with Crippen molar-refractivity contribution in [2.45, 2.75) is 13.8 Å². The summed E-state index contributed by atoms with van der Waals surface area (Å²) < 4.78 is 5.17. The average molecular weight is 544 g/mol. The molecule has 5 N–H and O–H groups in total. The quantitative estimate of drug-likeness (QED) is 0.238. The van der Waals surface area contributed by atoms with Crippen molar-refractivity contribution in [3.8, 4) is 34.2 Å². The smallest absolute Gasteiger partial charge is 0.292 e. The maximum Gasteiger partial charge on any atom is 0.292 e. The molecule has 2 aromatic heterocycles. The van der Waals surface area contributed by atoms with Crippen LogP contribution in [0.1, 0.15) is 40.3 Å². The van der Waals surface area contributed by atoms with Gasteiger partial charge in [-0.05, 0) is 66.1 Å². The zero-order valence-electron chi connectivity index (χ0n) is 21.3. The van der Waals surface area contributed by atoms with Gasteiger partial charge in [-0.3, -0.25) is 9.59 Å². The average Bonchev–Trinajstić information content (AvgIpc) is 3.47. The van der Waals surface area contributed by atoms with Crippen molar-refractivity contribution in [2.75, 3.05) is 18.4 Å². The van der Waals surface area contributed by atoms with E-state index in [2.05, 4.69) is 21.7 Å². The molecule has 0 unspecified atom stereocenters. The molecular weight excluding hydrogens is 518 g/mol. The number of amides is 2. The van der Waals surface area contributed by atoms with Crippen LogP contribution in [0.4, 0.5) is 5.82 Å². The summed E-state index contributed by atoms with van der Waals surface area (Å²) in [5.41, 5.74) is 7.46. The van der Waals surface area contributed by atoms with Gasteiger partial charge in [0.15, 0.2) is 11.6 Å². The first kappa shape index (κ1) is 27.4. The van der Waals surface area contributed by atoms with Gasteiger partial charge in [0.25, 0.3) is 11.8 Å². The molecule has 0 fully saturated rings. The van der Waals surface area contributed by atoms with Gasteiger partial charge in [-0.15, -0.1) is 0 Å². The molecule has 0 atom stereocenters. The summed E-state index contributed by atoms with van der Waals surface area (Å²) in [5, 5.41) is 26.5. The fourth-order valence-corrected chi connectivity index (χ4v) is 3.90. The molecule has 2 heterocycles. The van der Waals surface area contributed by atoms with Crippen LogP contribution in [0.2, 0.25) is 5.02 Å². The van der Waals surface area contributed by atoms with E-state index in [9.17, 15) is 20.0 Å². The highest BCUT2D eigenvalue weighted by atomic mass is 35.5. The van der Waals surface area contributed by atoms with Gasteiger partial charge in [0, 0.05) is 28.3 Å². The van der Waals surface area contributed by atoms with Gasteiger partial charge in [0.2, 0.25) is 0 Å². The second-order valence-corrected chi connectivity index (χ2v) is 10.1. The summed E-state index contributed by atoms with van der Waals surface area (Å²) >= 11 is 6.01. The molecule has 2 amide bonds. The summed E-state index contributed by atoms with van der Waals surface area (Å²) in [7, 11) is 0. The van der Waals surface area contributed by atoms with Crippen molar-refractivity contribution in [2.24, 2.45) is 11.1 Å². The summed E-state index contributed by atoms with van der Waals surface area (Å²) in [5.74, 6) is -1.05. The Kier molecular flexibility index (Phi) is 8.00. The number of pyridine rings is 1. The highest BCUT2D eigenvalue weighted by Gasteiger charge is 2.21. The lowest BCUT2D eigenvalue weighted by Gasteiger charge is -2.22. The summed E-state index contributed by atoms with van der Waals surface area (Å²) in [4.78, 5) is 30.2. The zero-order chi connectivity index (χ0) is 28.2. The Hall–Kier alpha value is -4.65. The number of benzene rings is 2. The van der Waals surface area contributed by atoms with E-state index >= 15 is 0 Å². The number of rotatable bonds is 8. The van der Waals surface area contributed by atoms with Gasteiger partial charge in [0.1, 0.15) is 17.4 Å². The van der Waals surface area contributed by atoms with Crippen molar-refractivity contribution in [1.82, 2.24) is 10.3 Å². The Bertz CT molecular complexity index is 1580. The summed E-state index contributed by atoms with van der Waals surface area (Å²) in [6.07, 6.45) is 1.35. The Balaban J connectivity index is 1.82. The van der Waals surface area contributed by atoms with Crippen molar-refractivity contribution < 1.29 is 19.1 Å². The fraction of sp³-hybridized carbons (Fsp3) is 0.172. The molecule has 198 valence electrons. The van der Waals surface area contributed by atoms with E-state index in [1.807, 2.05) is 13.8 Å². The number of nitrogens with one attached hydrogen (secondary N) is 2. The monoisotopic (exact) mass is 543 g/mol. The second-order valence-electron chi connectivity index (χ2n) is 9.62. The van der Waals surface area contributed by atoms with Gasteiger partial charge >= 0.3 is 0 Å². The zero-order valence-corrected chi connectivity index (χ0v) is 22.0. The lowest BCUT2D eigenvalue weighted by atomic mass is 9.93. The van der Waals surface area contributed by atoms with E-state index in [4.69, 9.17) is 21.8 Å². The van der Waals surface area contributed by atoms with E-state index in [1.165, 1.54) is 18.4 Å². The molecule has 0 saturated heterocycles. The maximum atomic E-state index is 12.9. The number of halogens is 1. The third-order valence-corrected chi connectivity index (χ3v) is 6.29. The van der Waals surface area contributed by atoms with Crippen molar-refractivity contribution in [1.29, 1.82) is 5.26 Å². The van der Waals surface area contributed by atoms with Crippen LogP contribution in [0.5, 0.6) is 5.75 Å². The summed E-state index contributed by atoms with van der Waals surface area (Å²) in [6, 6.07) is 18.0. The highest BCUT2D eigenvalue weighted by molar-refractivity contribution is 6.30. The number of hydrogen-bond donors (Lipinski definition) is 4. The van der Waals surface area contributed by atoms with Crippen LogP contribution in [-0.2, 0) is 0 Å². The number of nitriles is 1. The first-order valence-electron chi connectivity index (χ1n) is 12.0. The van der Waals surface area contributed by atoms with Crippen LogP contribution >= 0.6 is 11.6 Å². The van der Waals surface area contributed by atoms with Gasteiger partial charge in [0.05, 0.1) is 12.0 Å². The molecule has 39 heavy (non-hydrogen) atoms. The Morgan fingerprint density at radius 3 is 2.56 bits per heavy atom. The molecule has 4 aromatic rings. The fourth-order valence-electron chi connectivity index (χ4n) is 3.73. The number of aromatic nitrogens is 1. The molecule has 2 aromatic carbocycles. The molecule has 0 aliphatic carbocycles. The van der Waals surface area contributed by atoms with E-state index < -0.39 is 5.91 Å². The van der Waals surface area contributed by atoms with Crippen molar-refractivity contribution in [3.05, 3.63) is 88.8 Å². The minimum Gasteiger partial charge on any atom is -0.507 e. The standard InChI is InChI=1S/C29H26ClN5O4/c1-29(2,15-32)16-33-27(37)18-6-3-5-17(11-18)21-13-23(20-9-8-19(30)12-24(20)36)34-26(22(21)14-31)35-28(38)25-7-4-10-39-25/h3-13,36H,15-16,32H2,1-2H3,(H,33,37)(H,34,35,38). The molecule has 0 aliphatic heterocycles. The Morgan fingerprint density at radius 1 is 1.10 bits per heavy atom. The summed E-state index contributed by atoms with van der Waals surface area (Å²) in [6.45, 7) is 4.69. The number of nitrogens with two attached hydrogens (primary N) is 1. The van der Waals surface area contributed by atoms with E-state index in [-0.39, 0.29) is 39.9 Å². The topological polar surface area (TPSA) is 154 Å². The second kappa shape index (κ2) is 11.4. The molecule has 4 rings (SSSR count). The third kappa shape index (κ3) is 6.26. The number of phenolic OH excluding ortho intramolecular Hbond substituents is 1. The number of furan rings is 1. The van der Waals surface area contributed by atoms with Crippen LogP contribution in [0.3, 0.4) is 0 Å². The molecule has 10 heteroatoms. The number of carbonyl (C=O) groups is 2. The van der Waals surface area contributed by atoms with Crippen LogP contribution in [0.15, 0.2) is 71.3 Å². The Morgan fingerprint density at radius 2 is 1.90 bits per heavy atom. The van der Waals surface area contributed by atoms with Crippen molar-refractivity contribution in [3.63, 3.8) is 0 Å². The van der Waals surface area contributed by atoms with Crippen LogP contribution in [0, 0.1) is 16.7 Å². The molecule has 0 saturated carbocycles. The van der Waals surface area contributed by atoms with Gasteiger partial charge < -0.3 is 25.9 Å². The van der Waals surface area contributed by atoms with Crippen LogP contribution in [0.25, 0.3) is 22.4 Å². The van der Waals surface area contributed by atoms with Crippen LogP contribution < -0.4 is 16.4 Å². The predicted octanol–water partition coefficient (Wildman–Crippen LogP) is 5.21. The lowest BCUT2D eigenvalue weighted by Crippen LogP contribution is -2.38. The number of hydrogen-bond acceptors (Lipinski definition) is 7. The molecule has 0 radical (unpaired) electrons. The highest BCUT2D eigenvalue weighted by Crippen LogP contribution is 2.37. The first-order chi connectivity index (χ1) is 18.6. The number of aromatic hydroxyl groups is 1. The lowest BCUT2D eigenvalue weighted by molar-refractivity contribution is 0.0937. The third-order valence-electron chi connectivity index (χ3n) is 6.06. The van der Waals surface area contributed by atoms with E-state index in [1.54, 1.807) is 48.5 Å². The molecule has 0 aliphatic rings. The molecular formula is C29H26ClN5O4. The minimum absolute atomic E-state index is 0.0288. The maximum absolute atomic E-state index is 12.9. The normalized spacial score (nSPS) is 11.1.